The maximum absolute atomic E-state index is 10.6. The first kappa shape index (κ1) is 10.7. The molecule has 0 fully saturated rings. The number of pyridine rings is 1. The van der Waals surface area contributed by atoms with Crippen molar-refractivity contribution in [2.45, 2.75) is 0 Å². The van der Waals surface area contributed by atoms with Gasteiger partial charge in [0.2, 0.25) is 0 Å². The highest BCUT2D eigenvalue weighted by Gasteiger charge is 2.11. The minimum atomic E-state index is -4.58. The van der Waals surface area contributed by atoms with Crippen LogP contribution in [0.25, 0.3) is 10.9 Å². The van der Waals surface area contributed by atoms with Crippen molar-refractivity contribution in [1.29, 1.82) is 0 Å². The Hall–Kier alpha value is -1.86. The number of para-hydroxylation sites is 1. The number of hydrogen-bond acceptors (Lipinski definition) is 5. The summed E-state index contributed by atoms with van der Waals surface area (Å²) in [6.07, 6.45) is 1.15. The molecule has 2 N–H and O–H groups in total. The summed E-state index contributed by atoms with van der Waals surface area (Å²) >= 11 is 0. The second-order valence-corrected chi connectivity index (χ2v) is 4.05. The fourth-order valence-corrected chi connectivity index (χ4v) is 1.66. The van der Waals surface area contributed by atoms with Gasteiger partial charge in [-0.1, -0.05) is 12.1 Å². The van der Waals surface area contributed by atoms with Crippen molar-refractivity contribution in [3.63, 3.8) is 0 Å². The van der Waals surface area contributed by atoms with Crippen molar-refractivity contribution in [2.75, 3.05) is 0 Å². The van der Waals surface area contributed by atoms with E-state index < -0.39 is 10.4 Å². The van der Waals surface area contributed by atoms with Gasteiger partial charge in [-0.3, -0.25) is 4.55 Å². The lowest BCUT2D eigenvalue weighted by molar-refractivity contribution is 0.388. The topological polar surface area (TPSA) is 96.7 Å². The Labute approximate surface area is 91.1 Å². The summed E-state index contributed by atoms with van der Waals surface area (Å²) in [6, 6.07) is 5.89. The molecule has 2 aromatic rings. The number of fused-ring (bicyclic) bond motifs is 1. The first-order valence-electron chi connectivity index (χ1n) is 4.20. The molecule has 0 spiro atoms. The number of hydrogen-bond donors (Lipinski definition) is 2. The molecule has 1 heterocycles. The van der Waals surface area contributed by atoms with E-state index in [1.807, 2.05) is 0 Å². The summed E-state index contributed by atoms with van der Waals surface area (Å²) in [7, 11) is -4.58. The van der Waals surface area contributed by atoms with Gasteiger partial charge in [0.25, 0.3) is 0 Å². The molecule has 0 amide bonds. The fraction of sp³-hybridized carbons (Fsp3) is 0. The van der Waals surface area contributed by atoms with Crippen molar-refractivity contribution < 1.29 is 22.3 Å². The molecule has 1 aromatic carbocycles. The zero-order chi connectivity index (χ0) is 11.8. The van der Waals surface area contributed by atoms with Gasteiger partial charge in [-0.25, -0.2) is 4.98 Å². The van der Waals surface area contributed by atoms with E-state index >= 15 is 0 Å². The van der Waals surface area contributed by atoms with Crippen LogP contribution in [0.2, 0.25) is 0 Å². The molecule has 1 aromatic heterocycles. The number of benzene rings is 1. The standard InChI is InChI=1S/C9H7NO5S/c11-7-4-6-2-1-3-8(9(6)10-5-7)15-16(12,13)14/h1-5,11H,(H,12,13,14). The van der Waals surface area contributed by atoms with Crippen LogP contribution >= 0.6 is 0 Å². The van der Waals surface area contributed by atoms with E-state index in [1.54, 1.807) is 6.07 Å². The van der Waals surface area contributed by atoms with Gasteiger partial charge in [0.1, 0.15) is 11.3 Å². The third kappa shape index (κ3) is 2.20. The quantitative estimate of drug-likeness (QED) is 0.765. The summed E-state index contributed by atoms with van der Waals surface area (Å²) in [5.41, 5.74) is 0.234. The van der Waals surface area contributed by atoms with Crippen molar-refractivity contribution in [2.24, 2.45) is 0 Å². The predicted octanol–water partition coefficient (Wildman–Crippen LogP) is 1.12. The minimum Gasteiger partial charge on any atom is -0.506 e. The van der Waals surface area contributed by atoms with Gasteiger partial charge in [0.15, 0.2) is 5.75 Å². The van der Waals surface area contributed by atoms with Crippen LogP contribution < -0.4 is 4.18 Å². The monoisotopic (exact) mass is 241 g/mol. The first-order valence-corrected chi connectivity index (χ1v) is 5.57. The highest BCUT2D eigenvalue weighted by atomic mass is 32.3. The van der Waals surface area contributed by atoms with E-state index in [4.69, 9.17) is 4.55 Å². The van der Waals surface area contributed by atoms with E-state index in [0.717, 1.165) is 6.20 Å². The van der Waals surface area contributed by atoms with Crippen LogP contribution in [0.4, 0.5) is 0 Å². The number of aromatic hydroxyl groups is 1. The molecule has 84 valence electrons. The second-order valence-electron chi connectivity index (χ2n) is 3.03. The molecule has 0 atom stereocenters. The number of nitrogens with zero attached hydrogens (tertiary/aromatic N) is 1. The van der Waals surface area contributed by atoms with E-state index in [1.165, 1.54) is 18.2 Å². The van der Waals surface area contributed by atoms with Crippen LogP contribution in [-0.4, -0.2) is 23.1 Å². The van der Waals surface area contributed by atoms with E-state index in [0.29, 0.717) is 5.39 Å². The highest BCUT2D eigenvalue weighted by Crippen LogP contribution is 2.26. The molecule has 0 aliphatic rings. The van der Waals surface area contributed by atoms with Crippen molar-refractivity contribution in [3.05, 3.63) is 30.5 Å². The third-order valence-electron chi connectivity index (χ3n) is 1.85. The molecular weight excluding hydrogens is 234 g/mol. The van der Waals surface area contributed by atoms with Gasteiger partial charge >= 0.3 is 10.4 Å². The smallest absolute Gasteiger partial charge is 0.446 e. The third-order valence-corrected chi connectivity index (χ3v) is 2.24. The van der Waals surface area contributed by atoms with Crippen molar-refractivity contribution in [3.8, 4) is 11.5 Å². The Morgan fingerprint density at radius 1 is 1.31 bits per heavy atom. The Balaban J connectivity index is 2.63. The highest BCUT2D eigenvalue weighted by molar-refractivity contribution is 7.81. The van der Waals surface area contributed by atoms with Crippen LogP contribution in [0.15, 0.2) is 30.5 Å². The van der Waals surface area contributed by atoms with Crippen LogP contribution in [0.5, 0.6) is 11.5 Å². The maximum atomic E-state index is 10.6. The van der Waals surface area contributed by atoms with Gasteiger partial charge in [-0.2, -0.15) is 8.42 Å². The average molecular weight is 241 g/mol. The van der Waals surface area contributed by atoms with E-state index in [-0.39, 0.29) is 17.0 Å². The van der Waals surface area contributed by atoms with E-state index in [9.17, 15) is 13.5 Å². The molecule has 0 aliphatic heterocycles. The molecule has 0 unspecified atom stereocenters. The summed E-state index contributed by atoms with van der Waals surface area (Å²) in [5.74, 6) is -0.142. The predicted molar refractivity (Wildman–Crippen MR) is 55.6 cm³/mol. The molecule has 0 saturated heterocycles. The molecule has 7 heteroatoms. The Bertz CT molecular complexity index is 637. The van der Waals surface area contributed by atoms with Crippen LogP contribution in [0.3, 0.4) is 0 Å². The van der Waals surface area contributed by atoms with Crippen LogP contribution in [0.1, 0.15) is 0 Å². The Kier molecular flexibility index (Phi) is 2.41. The van der Waals surface area contributed by atoms with Gasteiger partial charge < -0.3 is 9.29 Å². The SMILES string of the molecule is O=S(=O)(O)Oc1cccc2cc(O)cnc12. The molecule has 0 aliphatic carbocycles. The molecule has 16 heavy (non-hydrogen) atoms. The lowest BCUT2D eigenvalue weighted by atomic mass is 10.2. The number of rotatable bonds is 2. The molecule has 2 rings (SSSR count). The molecule has 0 bridgehead atoms. The van der Waals surface area contributed by atoms with Crippen molar-refractivity contribution >= 4 is 21.3 Å². The lowest BCUT2D eigenvalue weighted by Crippen LogP contribution is -2.07. The summed E-state index contributed by atoms with van der Waals surface area (Å²) in [5, 5.41) is 9.68. The maximum Gasteiger partial charge on any atom is 0.446 e. The first-order chi connectivity index (χ1) is 7.46. The fourth-order valence-electron chi connectivity index (χ4n) is 1.30. The Morgan fingerprint density at radius 3 is 2.75 bits per heavy atom. The molecular formula is C9H7NO5S. The summed E-state index contributed by atoms with van der Waals surface area (Å²) < 4.78 is 34.0. The van der Waals surface area contributed by atoms with Crippen molar-refractivity contribution in [1.82, 2.24) is 4.98 Å². The summed E-state index contributed by atoms with van der Waals surface area (Å²) in [6.45, 7) is 0. The zero-order valence-electron chi connectivity index (χ0n) is 7.86. The lowest BCUT2D eigenvalue weighted by Gasteiger charge is -2.04. The Morgan fingerprint density at radius 2 is 2.06 bits per heavy atom. The largest absolute Gasteiger partial charge is 0.506 e. The minimum absolute atomic E-state index is 0.0449. The molecule has 6 nitrogen and oxygen atoms in total. The van der Waals surface area contributed by atoms with Gasteiger partial charge in [0.05, 0.1) is 6.20 Å². The van der Waals surface area contributed by atoms with Gasteiger partial charge in [-0.05, 0) is 12.1 Å². The molecule has 0 radical (unpaired) electrons. The van der Waals surface area contributed by atoms with Gasteiger partial charge in [0, 0.05) is 5.39 Å². The second kappa shape index (κ2) is 3.62. The van der Waals surface area contributed by atoms with Crippen LogP contribution in [-0.2, 0) is 10.4 Å². The zero-order valence-corrected chi connectivity index (χ0v) is 8.68. The number of aromatic nitrogens is 1. The molecule has 0 saturated carbocycles. The van der Waals surface area contributed by atoms with Gasteiger partial charge in [-0.15, -0.1) is 0 Å². The normalized spacial score (nSPS) is 11.6. The van der Waals surface area contributed by atoms with Crippen LogP contribution in [0, 0.1) is 0 Å². The summed E-state index contributed by atoms with van der Waals surface area (Å²) in [4.78, 5) is 3.81. The average Bonchev–Trinajstić information content (AvgIpc) is 2.15. The van der Waals surface area contributed by atoms with E-state index in [2.05, 4.69) is 9.17 Å².